The van der Waals surface area contributed by atoms with Crippen LogP contribution in [0.1, 0.15) is 52.7 Å². The van der Waals surface area contributed by atoms with Crippen LogP contribution in [-0.2, 0) is 10.8 Å². The molecule has 11 rings (SSSR count). The van der Waals surface area contributed by atoms with Crippen molar-refractivity contribution >= 4 is 96.5 Å². The van der Waals surface area contributed by atoms with Crippen molar-refractivity contribution in [1.82, 2.24) is 9.97 Å². The fraction of sp³-hybridized carbons (Fsp3) is 0.148. The lowest BCUT2D eigenvalue weighted by Crippen LogP contribution is -2.61. The van der Waals surface area contributed by atoms with Gasteiger partial charge in [0.1, 0.15) is 17.2 Å². The fourth-order valence-corrected chi connectivity index (χ4v) is 9.38. The molecular formula is C54H46BN5O. The molecule has 6 aromatic carbocycles. The lowest BCUT2D eigenvalue weighted by molar-refractivity contribution is 0.590. The van der Waals surface area contributed by atoms with E-state index in [1.54, 1.807) is 0 Å². The molecule has 0 unspecified atom stereocenters. The lowest BCUT2D eigenvalue weighted by Gasteiger charge is -2.43. The van der Waals surface area contributed by atoms with Crippen LogP contribution in [0, 0.1) is 0 Å². The van der Waals surface area contributed by atoms with Crippen LogP contribution in [0.4, 0.5) is 51.4 Å². The molecular weight excluding hydrogens is 745 g/mol. The molecule has 6 nitrogen and oxygen atoms in total. The number of nitrogens with zero attached hydrogens (tertiary/aromatic N) is 5. The number of furan rings is 1. The van der Waals surface area contributed by atoms with Gasteiger partial charge in [0.15, 0.2) is 5.58 Å². The van der Waals surface area contributed by atoms with E-state index in [2.05, 4.69) is 202 Å². The molecule has 2 aliphatic heterocycles. The van der Waals surface area contributed by atoms with Gasteiger partial charge in [0, 0.05) is 33.5 Å². The Bertz CT molecular complexity index is 3070. The van der Waals surface area contributed by atoms with E-state index in [0.717, 1.165) is 78.8 Å². The maximum Gasteiger partial charge on any atom is 0.254 e. The zero-order chi connectivity index (χ0) is 41.6. The summed E-state index contributed by atoms with van der Waals surface area (Å²) in [5, 5.41) is 2.19. The standard InChI is InChI=1S/C54H46BN5O/c1-53(2,3)35-23-27-38(28-24-35)58(39-29-25-36(26-30-39)54(4,5)6)49-32-31-43-52(57-49)59(37-15-8-7-9-16-37)46-33-56-34-47-50(46)55(43)42-19-11-12-20-44(42)60(47)45-21-14-18-41-40-17-10-13-22-48(40)61-51(41)45/h7-34H,1-6H3. The first kappa shape index (κ1) is 36.9. The normalized spacial score (nSPS) is 13.3. The first-order valence-electron chi connectivity index (χ1n) is 21.2. The SMILES string of the molecule is CC(C)(C)c1ccc(N(c2ccc(C(C)(C)C)cc2)c2ccc3c(n2)N(c2ccccc2)c2cncc4c2B3c2ccccc2N4c2cccc3c2oc2ccccc23)cc1. The first-order chi connectivity index (χ1) is 29.5. The zero-order valence-electron chi connectivity index (χ0n) is 35.4. The number of fused-ring (bicyclic) bond motifs is 7. The van der Waals surface area contributed by atoms with Crippen LogP contribution in [-0.4, -0.2) is 16.7 Å². The molecule has 0 spiro atoms. The molecule has 0 fully saturated rings. The highest BCUT2D eigenvalue weighted by atomic mass is 16.3. The van der Waals surface area contributed by atoms with Crippen LogP contribution in [0.5, 0.6) is 0 Å². The highest BCUT2D eigenvalue weighted by molar-refractivity contribution is 7.00. The van der Waals surface area contributed by atoms with Crippen molar-refractivity contribution in [2.24, 2.45) is 0 Å². The van der Waals surface area contributed by atoms with Crippen molar-refractivity contribution < 1.29 is 4.42 Å². The van der Waals surface area contributed by atoms with Crippen molar-refractivity contribution in [3.63, 3.8) is 0 Å². The van der Waals surface area contributed by atoms with Crippen LogP contribution in [0.25, 0.3) is 21.9 Å². The van der Waals surface area contributed by atoms with Gasteiger partial charge in [0.05, 0.1) is 29.5 Å². The predicted octanol–water partition coefficient (Wildman–Crippen LogP) is 12.5. The van der Waals surface area contributed by atoms with Gasteiger partial charge in [0.2, 0.25) is 0 Å². The minimum Gasteiger partial charge on any atom is -0.454 e. The van der Waals surface area contributed by atoms with E-state index < -0.39 is 0 Å². The fourth-order valence-electron chi connectivity index (χ4n) is 9.38. The summed E-state index contributed by atoms with van der Waals surface area (Å²) in [6, 6.07) is 56.5. The molecule has 0 saturated carbocycles. The topological polar surface area (TPSA) is 48.6 Å². The summed E-state index contributed by atoms with van der Waals surface area (Å²) in [7, 11) is 0. The third kappa shape index (κ3) is 5.94. The monoisotopic (exact) mass is 791 g/mol. The molecule has 9 aromatic rings. The van der Waals surface area contributed by atoms with E-state index >= 15 is 0 Å². The summed E-state index contributed by atoms with van der Waals surface area (Å²) >= 11 is 0. The van der Waals surface area contributed by atoms with Crippen molar-refractivity contribution in [2.75, 3.05) is 14.7 Å². The third-order valence-corrected chi connectivity index (χ3v) is 12.5. The van der Waals surface area contributed by atoms with E-state index in [4.69, 9.17) is 14.4 Å². The highest BCUT2D eigenvalue weighted by Crippen LogP contribution is 2.47. The van der Waals surface area contributed by atoms with E-state index in [0.29, 0.717) is 0 Å². The van der Waals surface area contributed by atoms with Crippen LogP contribution in [0.15, 0.2) is 175 Å². The molecule has 0 saturated heterocycles. The summed E-state index contributed by atoms with van der Waals surface area (Å²) in [6.07, 6.45) is 4.03. The van der Waals surface area contributed by atoms with Crippen molar-refractivity contribution in [3.05, 3.63) is 181 Å². The van der Waals surface area contributed by atoms with Gasteiger partial charge < -0.3 is 9.32 Å². The van der Waals surface area contributed by atoms with Crippen molar-refractivity contribution in [1.29, 1.82) is 0 Å². The minimum atomic E-state index is -0.0996. The Morgan fingerprint density at radius 3 is 1.79 bits per heavy atom. The third-order valence-electron chi connectivity index (χ3n) is 12.5. The number of rotatable bonds is 5. The molecule has 0 atom stereocenters. The summed E-state index contributed by atoms with van der Waals surface area (Å²) < 4.78 is 6.68. The second kappa shape index (κ2) is 13.7. The zero-order valence-corrected chi connectivity index (χ0v) is 35.4. The lowest BCUT2D eigenvalue weighted by atomic mass is 9.34. The molecule has 0 radical (unpaired) electrons. The predicted molar refractivity (Wildman–Crippen MR) is 255 cm³/mol. The van der Waals surface area contributed by atoms with Gasteiger partial charge in [-0.3, -0.25) is 14.8 Å². The molecule has 3 aromatic heterocycles. The first-order valence-corrected chi connectivity index (χ1v) is 21.2. The number of hydrogen-bond acceptors (Lipinski definition) is 6. The molecule has 0 amide bonds. The van der Waals surface area contributed by atoms with Crippen LogP contribution >= 0.6 is 0 Å². The van der Waals surface area contributed by atoms with Gasteiger partial charge in [0.25, 0.3) is 6.71 Å². The van der Waals surface area contributed by atoms with Crippen LogP contribution in [0.2, 0.25) is 0 Å². The summed E-state index contributed by atoms with van der Waals surface area (Å²) in [6.45, 7) is 13.4. The number of benzene rings is 6. The van der Waals surface area contributed by atoms with Gasteiger partial charge in [-0.1, -0.05) is 139 Å². The molecule has 61 heavy (non-hydrogen) atoms. The Balaban J connectivity index is 1.14. The van der Waals surface area contributed by atoms with Gasteiger partial charge in [-0.15, -0.1) is 0 Å². The maximum absolute atomic E-state index is 6.68. The Morgan fingerprint density at radius 2 is 1.10 bits per heavy atom. The Kier molecular flexibility index (Phi) is 8.30. The Labute approximate surface area is 357 Å². The Morgan fingerprint density at radius 1 is 0.508 bits per heavy atom. The number of pyridine rings is 2. The molecule has 0 aliphatic carbocycles. The second-order valence-corrected chi connectivity index (χ2v) is 18.4. The van der Waals surface area contributed by atoms with Crippen LogP contribution in [0.3, 0.4) is 0 Å². The second-order valence-electron chi connectivity index (χ2n) is 18.4. The number of para-hydroxylation sites is 4. The molecule has 0 N–H and O–H groups in total. The quantitative estimate of drug-likeness (QED) is 0.162. The summed E-state index contributed by atoms with van der Waals surface area (Å²) in [4.78, 5) is 17.7. The Hall–Kier alpha value is -7.12. The minimum absolute atomic E-state index is 0.0305. The average molecular weight is 792 g/mol. The molecule has 7 heteroatoms. The van der Waals surface area contributed by atoms with Gasteiger partial charge in [-0.25, -0.2) is 4.98 Å². The average Bonchev–Trinajstić information content (AvgIpc) is 3.66. The number of aromatic nitrogens is 2. The van der Waals surface area contributed by atoms with Crippen molar-refractivity contribution in [3.8, 4) is 0 Å². The molecule has 0 bridgehead atoms. The van der Waals surface area contributed by atoms with E-state index in [-0.39, 0.29) is 17.5 Å². The highest BCUT2D eigenvalue weighted by Gasteiger charge is 2.44. The maximum atomic E-state index is 6.68. The molecule has 5 heterocycles. The largest absolute Gasteiger partial charge is 0.454 e. The van der Waals surface area contributed by atoms with Gasteiger partial charge >= 0.3 is 0 Å². The van der Waals surface area contributed by atoms with Crippen molar-refractivity contribution in [2.45, 2.75) is 52.4 Å². The summed E-state index contributed by atoms with van der Waals surface area (Å²) in [5.74, 6) is 1.71. The molecule has 2 aliphatic rings. The van der Waals surface area contributed by atoms with Gasteiger partial charge in [-0.2, -0.15) is 0 Å². The van der Waals surface area contributed by atoms with E-state index in [1.165, 1.54) is 22.1 Å². The smallest absolute Gasteiger partial charge is 0.254 e. The molecule has 296 valence electrons. The van der Waals surface area contributed by atoms with E-state index in [1.807, 2.05) is 24.5 Å². The van der Waals surface area contributed by atoms with Crippen LogP contribution < -0.4 is 31.1 Å². The number of anilines is 9. The van der Waals surface area contributed by atoms with Gasteiger partial charge in [-0.05, 0) is 99.0 Å². The number of hydrogen-bond donors (Lipinski definition) is 0. The summed E-state index contributed by atoms with van der Waals surface area (Å²) in [5.41, 5.74) is 15.1. The van der Waals surface area contributed by atoms with E-state index in [9.17, 15) is 0 Å².